The Morgan fingerprint density at radius 2 is 1.89 bits per heavy atom. The van der Waals surface area contributed by atoms with Crippen LogP contribution in [0.3, 0.4) is 0 Å². The summed E-state index contributed by atoms with van der Waals surface area (Å²) in [5, 5.41) is 9.67. The van der Waals surface area contributed by atoms with E-state index in [0.717, 1.165) is 5.56 Å². The lowest BCUT2D eigenvalue weighted by Gasteiger charge is -2.20. The molecule has 0 aliphatic rings. The van der Waals surface area contributed by atoms with Crippen molar-refractivity contribution in [2.45, 2.75) is 45.5 Å². The van der Waals surface area contributed by atoms with E-state index in [1.54, 1.807) is 20.8 Å². The van der Waals surface area contributed by atoms with Gasteiger partial charge < -0.3 is 14.6 Å². The number of benzene rings is 1. The second-order valence-electron chi connectivity index (χ2n) is 5.45. The van der Waals surface area contributed by atoms with Gasteiger partial charge in [-0.2, -0.15) is 0 Å². The molecule has 0 fully saturated rings. The molecule has 0 amide bonds. The Hall–Kier alpha value is -1.39. The number of hydrogen-bond donors (Lipinski definition) is 1. The topological polar surface area (TPSA) is 55.8 Å². The fourth-order valence-corrected chi connectivity index (χ4v) is 1.52. The molecule has 1 unspecified atom stereocenters. The summed E-state index contributed by atoms with van der Waals surface area (Å²) >= 11 is 0. The molecule has 0 radical (unpaired) electrons. The molecule has 0 aliphatic heterocycles. The van der Waals surface area contributed by atoms with Gasteiger partial charge in [0.25, 0.3) is 0 Å². The van der Waals surface area contributed by atoms with Gasteiger partial charge in [0.15, 0.2) is 0 Å². The fraction of sp³-hybridized carbons (Fsp3) is 0.533. The molecule has 0 aliphatic carbocycles. The van der Waals surface area contributed by atoms with E-state index in [0.29, 0.717) is 6.61 Å². The molecule has 4 heteroatoms. The summed E-state index contributed by atoms with van der Waals surface area (Å²) in [6.07, 6.45) is -0.884. The molecule has 1 N–H and O–H groups in total. The van der Waals surface area contributed by atoms with Crippen LogP contribution in [0, 0.1) is 0 Å². The van der Waals surface area contributed by atoms with Crippen molar-refractivity contribution >= 4 is 5.97 Å². The third-order valence-electron chi connectivity index (χ3n) is 2.24. The summed E-state index contributed by atoms with van der Waals surface area (Å²) in [5.74, 6) is -0.414. The minimum Gasteiger partial charge on any atom is -0.460 e. The number of carbonyl (C=O) groups excluding carboxylic acids is 1. The minimum absolute atomic E-state index is 0.0495. The highest BCUT2D eigenvalue weighted by atomic mass is 16.6. The summed E-state index contributed by atoms with van der Waals surface area (Å²) in [6.45, 7) is 5.93. The number of aliphatic hydroxyl groups is 1. The van der Waals surface area contributed by atoms with E-state index in [9.17, 15) is 9.90 Å². The lowest BCUT2D eigenvalue weighted by molar-refractivity contribution is -0.158. The van der Waals surface area contributed by atoms with Crippen molar-refractivity contribution in [3.63, 3.8) is 0 Å². The summed E-state index contributed by atoms with van der Waals surface area (Å²) in [5.41, 5.74) is 0.508. The lowest BCUT2D eigenvalue weighted by Crippen LogP contribution is -2.28. The lowest BCUT2D eigenvalue weighted by atomic mass is 10.2. The summed E-state index contributed by atoms with van der Waals surface area (Å²) < 4.78 is 10.5. The number of aliphatic hydroxyl groups excluding tert-OH is 1. The van der Waals surface area contributed by atoms with E-state index >= 15 is 0 Å². The number of ether oxygens (including phenoxy) is 2. The molecule has 19 heavy (non-hydrogen) atoms. The first-order chi connectivity index (χ1) is 8.87. The number of carbonyl (C=O) groups is 1. The predicted molar refractivity (Wildman–Crippen MR) is 72.6 cm³/mol. The maximum absolute atomic E-state index is 11.5. The molecule has 4 nitrogen and oxygen atoms in total. The molecule has 106 valence electrons. The van der Waals surface area contributed by atoms with Crippen molar-refractivity contribution < 1.29 is 19.4 Å². The SMILES string of the molecule is CC(C)(C)OC(=O)CC(O)COCc1ccccc1. The minimum atomic E-state index is -0.835. The van der Waals surface area contributed by atoms with Crippen molar-refractivity contribution in [1.82, 2.24) is 0 Å². The van der Waals surface area contributed by atoms with Crippen LogP contribution in [0.4, 0.5) is 0 Å². The number of esters is 1. The van der Waals surface area contributed by atoms with Crippen LogP contribution in [0.2, 0.25) is 0 Å². The maximum Gasteiger partial charge on any atom is 0.309 e. The zero-order valence-corrected chi connectivity index (χ0v) is 11.8. The van der Waals surface area contributed by atoms with Gasteiger partial charge in [-0.25, -0.2) is 0 Å². The van der Waals surface area contributed by atoms with Gasteiger partial charge >= 0.3 is 5.97 Å². The van der Waals surface area contributed by atoms with Gasteiger partial charge in [0.1, 0.15) is 5.60 Å². The molecule has 0 aromatic heterocycles. The van der Waals surface area contributed by atoms with Crippen LogP contribution in [0.15, 0.2) is 30.3 Å². The Morgan fingerprint density at radius 1 is 1.26 bits per heavy atom. The third kappa shape index (κ3) is 7.59. The summed E-state index contributed by atoms with van der Waals surface area (Å²) in [6, 6.07) is 9.67. The molecular weight excluding hydrogens is 244 g/mol. The zero-order valence-electron chi connectivity index (χ0n) is 11.8. The second-order valence-corrected chi connectivity index (χ2v) is 5.45. The summed E-state index contributed by atoms with van der Waals surface area (Å²) in [7, 11) is 0. The van der Waals surface area contributed by atoms with Gasteiger partial charge in [0.05, 0.1) is 25.7 Å². The Kier molecular flexibility index (Phi) is 5.99. The largest absolute Gasteiger partial charge is 0.460 e. The number of rotatable bonds is 6. The molecule has 0 heterocycles. The molecule has 0 bridgehead atoms. The van der Waals surface area contributed by atoms with Crippen molar-refractivity contribution in [3.8, 4) is 0 Å². The highest BCUT2D eigenvalue weighted by molar-refractivity contribution is 5.70. The Bertz CT molecular complexity index is 381. The first-order valence-electron chi connectivity index (χ1n) is 6.38. The monoisotopic (exact) mass is 266 g/mol. The van der Waals surface area contributed by atoms with Gasteiger partial charge in [0.2, 0.25) is 0 Å². The van der Waals surface area contributed by atoms with Crippen LogP contribution >= 0.6 is 0 Å². The molecule has 1 rings (SSSR count). The highest BCUT2D eigenvalue weighted by Gasteiger charge is 2.19. The highest BCUT2D eigenvalue weighted by Crippen LogP contribution is 2.09. The quantitative estimate of drug-likeness (QED) is 0.803. The van der Waals surface area contributed by atoms with Crippen molar-refractivity contribution in [2.75, 3.05) is 6.61 Å². The van der Waals surface area contributed by atoms with E-state index in [1.165, 1.54) is 0 Å². The Morgan fingerprint density at radius 3 is 2.47 bits per heavy atom. The van der Waals surface area contributed by atoms with Crippen LogP contribution in [-0.2, 0) is 20.9 Å². The van der Waals surface area contributed by atoms with Gasteiger partial charge in [0, 0.05) is 0 Å². The molecular formula is C15H22O4. The Labute approximate surface area is 114 Å². The zero-order chi connectivity index (χ0) is 14.3. The molecule has 0 saturated heterocycles. The van der Waals surface area contributed by atoms with Crippen molar-refractivity contribution in [2.24, 2.45) is 0 Å². The average Bonchev–Trinajstić information content (AvgIpc) is 2.27. The summed E-state index contributed by atoms with van der Waals surface area (Å²) in [4.78, 5) is 11.5. The Balaban J connectivity index is 2.21. The maximum atomic E-state index is 11.5. The third-order valence-corrected chi connectivity index (χ3v) is 2.24. The van der Waals surface area contributed by atoms with Gasteiger partial charge in [-0.3, -0.25) is 4.79 Å². The average molecular weight is 266 g/mol. The van der Waals surface area contributed by atoms with Crippen molar-refractivity contribution in [3.05, 3.63) is 35.9 Å². The second kappa shape index (κ2) is 7.26. The van der Waals surface area contributed by atoms with E-state index < -0.39 is 17.7 Å². The molecule has 1 aromatic rings. The van der Waals surface area contributed by atoms with E-state index in [1.807, 2.05) is 30.3 Å². The van der Waals surface area contributed by atoms with Gasteiger partial charge in [-0.05, 0) is 26.3 Å². The van der Waals surface area contributed by atoms with Crippen LogP contribution in [0.1, 0.15) is 32.8 Å². The van der Waals surface area contributed by atoms with E-state index in [-0.39, 0.29) is 13.0 Å². The smallest absolute Gasteiger partial charge is 0.309 e. The van der Waals surface area contributed by atoms with Crippen LogP contribution < -0.4 is 0 Å². The van der Waals surface area contributed by atoms with Crippen LogP contribution in [0.25, 0.3) is 0 Å². The molecule has 0 spiro atoms. The molecule has 0 saturated carbocycles. The van der Waals surface area contributed by atoms with Crippen LogP contribution in [-0.4, -0.2) is 29.4 Å². The molecule has 1 aromatic carbocycles. The van der Waals surface area contributed by atoms with E-state index in [2.05, 4.69) is 0 Å². The standard InChI is InChI=1S/C15H22O4/c1-15(2,3)19-14(17)9-13(16)11-18-10-12-7-5-4-6-8-12/h4-8,13,16H,9-11H2,1-3H3. The van der Waals surface area contributed by atoms with Gasteiger partial charge in [-0.1, -0.05) is 30.3 Å². The predicted octanol–water partition coefficient (Wildman–Crippen LogP) is 2.30. The fourth-order valence-electron chi connectivity index (χ4n) is 1.52. The normalized spacial score (nSPS) is 13.1. The first-order valence-corrected chi connectivity index (χ1v) is 6.38. The number of hydrogen-bond acceptors (Lipinski definition) is 4. The molecule has 1 atom stereocenters. The van der Waals surface area contributed by atoms with Crippen molar-refractivity contribution in [1.29, 1.82) is 0 Å². The first kappa shape index (κ1) is 15.7. The van der Waals surface area contributed by atoms with Crippen LogP contribution in [0.5, 0.6) is 0 Å². The van der Waals surface area contributed by atoms with E-state index in [4.69, 9.17) is 9.47 Å². The van der Waals surface area contributed by atoms with Gasteiger partial charge in [-0.15, -0.1) is 0 Å².